The summed E-state index contributed by atoms with van der Waals surface area (Å²) in [5.74, 6) is 1.61. The summed E-state index contributed by atoms with van der Waals surface area (Å²) in [7, 11) is 0. The van der Waals surface area contributed by atoms with Crippen LogP contribution >= 0.6 is 0 Å². The zero-order valence-electron chi connectivity index (χ0n) is 14.8. The maximum Gasteiger partial charge on any atom is 0.105 e. The maximum atomic E-state index is 10.3. The van der Waals surface area contributed by atoms with Gasteiger partial charge in [-0.1, -0.05) is 51.7 Å². The SMILES string of the molecule is CCCC/C=C1\CC2C(CC(O)[C@@H]2/C=C/C(O)CCCCC)O1. The fourth-order valence-corrected chi connectivity index (χ4v) is 3.81. The van der Waals surface area contributed by atoms with Crippen molar-refractivity contribution in [3.8, 4) is 0 Å². The first-order valence-electron chi connectivity index (χ1n) is 9.55. The highest BCUT2D eigenvalue weighted by molar-refractivity contribution is 5.13. The summed E-state index contributed by atoms with van der Waals surface area (Å²) >= 11 is 0. The number of ether oxygens (including phenoxy) is 1. The normalized spacial score (nSPS) is 33.3. The molecular weight excluding hydrogens is 288 g/mol. The zero-order chi connectivity index (χ0) is 16.7. The number of fused-ring (bicyclic) bond motifs is 1. The van der Waals surface area contributed by atoms with Crippen molar-refractivity contribution in [3.63, 3.8) is 0 Å². The Labute approximate surface area is 141 Å². The van der Waals surface area contributed by atoms with Crippen LogP contribution in [-0.2, 0) is 4.74 Å². The topological polar surface area (TPSA) is 49.7 Å². The first-order chi connectivity index (χ1) is 11.2. The average molecular weight is 322 g/mol. The van der Waals surface area contributed by atoms with E-state index < -0.39 is 0 Å². The van der Waals surface area contributed by atoms with Crippen LogP contribution in [0.15, 0.2) is 24.0 Å². The second-order valence-corrected chi connectivity index (χ2v) is 7.17. The van der Waals surface area contributed by atoms with Crippen LogP contribution in [0.5, 0.6) is 0 Å². The third-order valence-corrected chi connectivity index (χ3v) is 5.22. The van der Waals surface area contributed by atoms with E-state index in [1.165, 1.54) is 25.7 Å². The number of aliphatic hydroxyl groups is 2. The van der Waals surface area contributed by atoms with Crippen LogP contribution in [0, 0.1) is 11.8 Å². The summed E-state index contributed by atoms with van der Waals surface area (Å²) in [6.07, 6.45) is 15.0. The zero-order valence-corrected chi connectivity index (χ0v) is 14.8. The molecule has 5 atom stereocenters. The third-order valence-electron chi connectivity index (χ3n) is 5.22. The molecule has 0 aromatic carbocycles. The smallest absolute Gasteiger partial charge is 0.105 e. The Balaban J connectivity index is 1.85. The predicted octanol–water partition coefficient (Wildman–Crippen LogP) is 4.34. The molecule has 0 aromatic rings. The van der Waals surface area contributed by atoms with Gasteiger partial charge in [-0.2, -0.15) is 0 Å². The molecule has 23 heavy (non-hydrogen) atoms. The van der Waals surface area contributed by atoms with Crippen molar-refractivity contribution in [3.05, 3.63) is 24.0 Å². The van der Waals surface area contributed by atoms with Gasteiger partial charge in [-0.3, -0.25) is 0 Å². The van der Waals surface area contributed by atoms with Gasteiger partial charge in [0.05, 0.1) is 18.0 Å². The van der Waals surface area contributed by atoms with Gasteiger partial charge in [0.25, 0.3) is 0 Å². The van der Waals surface area contributed by atoms with Gasteiger partial charge in [-0.05, 0) is 25.3 Å². The summed E-state index contributed by atoms with van der Waals surface area (Å²) in [6, 6.07) is 0. The van der Waals surface area contributed by atoms with E-state index >= 15 is 0 Å². The molecule has 1 aliphatic carbocycles. The van der Waals surface area contributed by atoms with Gasteiger partial charge in [0.1, 0.15) is 6.10 Å². The Kier molecular flexibility index (Phi) is 7.64. The fraction of sp³-hybridized carbons (Fsp3) is 0.800. The van der Waals surface area contributed by atoms with Gasteiger partial charge >= 0.3 is 0 Å². The molecule has 1 heterocycles. The number of allylic oxidation sites excluding steroid dienone is 2. The van der Waals surface area contributed by atoms with Gasteiger partial charge in [0.2, 0.25) is 0 Å². The molecular formula is C20H34O3. The molecule has 2 aliphatic rings. The third kappa shape index (κ3) is 5.36. The maximum absolute atomic E-state index is 10.3. The van der Waals surface area contributed by atoms with Crippen LogP contribution in [0.2, 0.25) is 0 Å². The summed E-state index contributed by atoms with van der Waals surface area (Å²) in [5.41, 5.74) is 0. The van der Waals surface area contributed by atoms with Crippen molar-refractivity contribution < 1.29 is 14.9 Å². The Hall–Kier alpha value is -0.800. The van der Waals surface area contributed by atoms with Gasteiger partial charge in [0, 0.05) is 24.7 Å². The molecule has 0 aromatic heterocycles. The fourth-order valence-electron chi connectivity index (χ4n) is 3.81. The lowest BCUT2D eigenvalue weighted by Crippen LogP contribution is -2.18. The molecule has 0 spiro atoms. The Morgan fingerprint density at radius 2 is 2.00 bits per heavy atom. The van der Waals surface area contributed by atoms with Crippen molar-refractivity contribution in [1.82, 2.24) is 0 Å². The lowest BCUT2D eigenvalue weighted by molar-refractivity contribution is 0.111. The number of unbranched alkanes of at least 4 members (excludes halogenated alkanes) is 4. The van der Waals surface area contributed by atoms with Crippen LogP contribution in [0.3, 0.4) is 0 Å². The molecule has 0 amide bonds. The van der Waals surface area contributed by atoms with E-state index in [4.69, 9.17) is 4.74 Å². The monoisotopic (exact) mass is 322 g/mol. The van der Waals surface area contributed by atoms with Crippen molar-refractivity contribution in [2.75, 3.05) is 0 Å². The van der Waals surface area contributed by atoms with Crippen LogP contribution in [0.25, 0.3) is 0 Å². The van der Waals surface area contributed by atoms with E-state index in [2.05, 4.69) is 19.9 Å². The molecule has 2 fully saturated rings. The van der Waals surface area contributed by atoms with Gasteiger partial charge < -0.3 is 14.9 Å². The van der Waals surface area contributed by atoms with E-state index in [1.54, 1.807) is 0 Å². The molecule has 3 nitrogen and oxygen atoms in total. The van der Waals surface area contributed by atoms with Crippen molar-refractivity contribution in [1.29, 1.82) is 0 Å². The molecule has 2 rings (SSSR count). The standard InChI is InChI=1S/C20H34O3/c1-3-5-7-9-15(21)11-12-17-18-13-16(10-8-6-4-2)23-20(18)14-19(17)22/h10-12,15,17-22H,3-9,13-14H2,1-2H3/b12-11+,16-10+/t15?,17-,18?,19?,20?/m1/s1. The highest BCUT2D eigenvalue weighted by atomic mass is 16.5. The van der Waals surface area contributed by atoms with Crippen LogP contribution in [0.4, 0.5) is 0 Å². The second kappa shape index (κ2) is 9.48. The molecule has 3 heteroatoms. The molecule has 4 unspecified atom stereocenters. The van der Waals surface area contributed by atoms with Crippen LogP contribution in [-0.4, -0.2) is 28.5 Å². The van der Waals surface area contributed by atoms with Gasteiger partial charge in [0.15, 0.2) is 0 Å². The van der Waals surface area contributed by atoms with Crippen molar-refractivity contribution in [2.24, 2.45) is 11.8 Å². The van der Waals surface area contributed by atoms with E-state index in [0.717, 1.165) is 37.9 Å². The minimum absolute atomic E-state index is 0.123. The second-order valence-electron chi connectivity index (χ2n) is 7.17. The molecule has 0 bridgehead atoms. The van der Waals surface area contributed by atoms with E-state index in [-0.39, 0.29) is 24.2 Å². The van der Waals surface area contributed by atoms with Crippen molar-refractivity contribution in [2.45, 2.75) is 89.9 Å². The quantitative estimate of drug-likeness (QED) is 0.490. The Morgan fingerprint density at radius 3 is 2.74 bits per heavy atom. The number of hydrogen-bond donors (Lipinski definition) is 2. The van der Waals surface area contributed by atoms with E-state index in [9.17, 15) is 10.2 Å². The number of hydrogen-bond acceptors (Lipinski definition) is 3. The summed E-state index contributed by atoms with van der Waals surface area (Å²) in [4.78, 5) is 0. The van der Waals surface area contributed by atoms with Crippen LogP contribution in [0.1, 0.15) is 71.6 Å². The Bertz CT molecular complexity index is 402. The van der Waals surface area contributed by atoms with Crippen LogP contribution < -0.4 is 0 Å². The van der Waals surface area contributed by atoms with Crippen molar-refractivity contribution >= 4 is 0 Å². The number of rotatable bonds is 9. The Morgan fingerprint density at radius 1 is 1.22 bits per heavy atom. The molecule has 2 N–H and O–H groups in total. The average Bonchev–Trinajstić information content (AvgIpc) is 3.02. The highest BCUT2D eigenvalue weighted by Crippen LogP contribution is 2.45. The molecule has 1 aliphatic heterocycles. The highest BCUT2D eigenvalue weighted by Gasteiger charge is 2.46. The summed E-state index contributed by atoms with van der Waals surface area (Å²) in [5, 5.41) is 20.3. The lowest BCUT2D eigenvalue weighted by atomic mass is 9.90. The van der Waals surface area contributed by atoms with E-state index in [1.807, 2.05) is 12.2 Å². The van der Waals surface area contributed by atoms with E-state index in [0.29, 0.717) is 5.92 Å². The number of aliphatic hydroxyl groups excluding tert-OH is 2. The summed E-state index contributed by atoms with van der Waals surface area (Å²) in [6.45, 7) is 4.37. The predicted molar refractivity (Wildman–Crippen MR) is 94.0 cm³/mol. The molecule has 1 saturated heterocycles. The largest absolute Gasteiger partial charge is 0.495 e. The van der Waals surface area contributed by atoms with Gasteiger partial charge in [-0.25, -0.2) is 0 Å². The lowest BCUT2D eigenvalue weighted by Gasteiger charge is -2.16. The molecule has 0 radical (unpaired) electrons. The molecule has 1 saturated carbocycles. The first-order valence-corrected chi connectivity index (χ1v) is 9.55. The van der Waals surface area contributed by atoms with Gasteiger partial charge in [-0.15, -0.1) is 0 Å². The minimum atomic E-state index is -0.380. The molecule has 132 valence electrons. The minimum Gasteiger partial charge on any atom is -0.495 e. The summed E-state index contributed by atoms with van der Waals surface area (Å²) < 4.78 is 6.02. The first kappa shape index (κ1) is 18.5.